The number of rotatable bonds is 5. The van der Waals surface area contributed by atoms with E-state index in [-0.39, 0.29) is 11.3 Å². The molecule has 0 aliphatic carbocycles. The van der Waals surface area contributed by atoms with E-state index in [9.17, 15) is 4.79 Å². The minimum atomic E-state index is -0.117. The number of carbonyl (C=O) groups excluding carboxylic acids is 1. The zero-order chi connectivity index (χ0) is 13.9. The molecule has 104 valence electrons. The average Bonchev–Trinajstić information content (AvgIpc) is 2.41. The topological polar surface area (TPSA) is 56.8 Å². The van der Waals surface area contributed by atoms with Gasteiger partial charge in [-0.3, -0.25) is 4.79 Å². The number of hydrogen-bond donors (Lipinski definition) is 1. The molecule has 2 rings (SSSR count). The van der Waals surface area contributed by atoms with Crippen LogP contribution < -0.4 is 14.8 Å². The van der Waals surface area contributed by atoms with Crippen molar-refractivity contribution in [2.75, 3.05) is 34.0 Å². The van der Waals surface area contributed by atoms with Crippen LogP contribution in [0, 0.1) is 5.41 Å². The van der Waals surface area contributed by atoms with Crippen molar-refractivity contribution in [2.24, 2.45) is 5.41 Å². The van der Waals surface area contributed by atoms with E-state index in [1.165, 1.54) is 0 Å². The van der Waals surface area contributed by atoms with Gasteiger partial charge in [-0.05, 0) is 18.2 Å². The van der Waals surface area contributed by atoms with E-state index < -0.39 is 0 Å². The number of amides is 1. The standard InChI is InChI=1S/C14H19NO4/c1-14(8-19-9-14)7-15-13(16)10-4-5-11(17-2)12(6-10)18-3/h4-6H,7-9H2,1-3H3,(H,15,16). The first kappa shape index (κ1) is 13.7. The van der Waals surface area contributed by atoms with Gasteiger partial charge in [0, 0.05) is 17.5 Å². The first-order valence-corrected chi connectivity index (χ1v) is 6.16. The average molecular weight is 265 g/mol. The van der Waals surface area contributed by atoms with E-state index in [1.54, 1.807) is 32.4 Å². The molecule has 5 nitrogen and oxygen atoms in total. The molecule has 0 spiro atoms. The van der Waals surface area contributed by atoms with E-state index in [4.69, 9.17) is 14.2 Å². The van der Waals surface area contributed by atoms with Gasteiger partial charge in [0.05, 0.1) is 27.4 Å². The Bertz CT molecular complexity index is 469. The summed E-state index contributed by atoms with van der Waals surface area (Å²) >= 11 is 0. The second kappa shape index (κ2) is 5.48. The van der Waals surface area contributed by atoms with Crippen molar-refractivity contribution in [1.82, 2.24) is 5.32 Å². The number of benzene rings is 1. The molecule has 1 aromatic carbocycles. The summed E-state index contributed by atoms with van der Waals surface area (Å²) in [6, 6.07) is 5.12. The van der Waals surface area contributed by atoms with E-state index in [1.807, 2.05) is 0 Å². The van der Waals surface area contributed by atoms with Crippen LogP contribution in [0.1, 0.15) is 17.3 Å². The Labute approximate surface area is 112 Å². The Morgan fingerprint density at radius 3 is 2.53 bits per heavy atom. The lowest BCUT2D eigenvalue weighted by molar-refractivity contribution is -0.0978. The molecule has 1 aliphatic heterocycles. The van der Waals surface area contributed by atoms with Crippen LogP contribution in [0.4, 0.5) is 0 Å². The van der Waals surface area contributed by atoms with Crippen molar-refractivity contribution in [2.45, 2.75) is 6.92 Å². The molecule has 19 heavy (non-hydrogen) atoms. The number of nitrogens with one attached hydrogen (secondary N) is 1. The quantitative estimate of drug-likeness (QED) is 0.876. The summed E-state index contributed by atoms with van der Waals surface area (Å²) in [7, 11) is 3.11. The molecule has 0 atom stereocenters. The molecule has 1 aliphatic rings. The Morgan fingerprint density at radius 2 is 2.00 bits per heavy atom. The molecule has 1 heterocycles. The fourth-order valence-corrected chi connectivity index (χ4v) is 1.93. The molecule has 1 amide bonds. The smallest absolute Gasteiger partial charge is 0.251 e. The number of hydrogen-bond acceptors (Lipinski definition) is 4. The highest BCUT2D eigenvalue weighted by Crippen LogP contribution is 2.28. The van der Waals surface area contributed by atoms with Gasteiger partial charge in [-0.25, -0.2) is 0 Å². The van der Waals surface area contributed by atoms with Crippen LogP contribution in [0.3, 0.4) is 0 Å². The molecule has 1 saturated heterocycles. The summed E-state index contributed by atoms with van der Waals surface area (Å²) in [5, 5.41) is 2.91. The van der Waals surface area contributed by atoms with Crippen molar-refractivity contribution >= 4 is 5.91 Å². The summed E-state index contributed by atoms with van der Waals surface area (Å²) < 4.78 is 15.5. The molecule has 0 unspecified atom stereocenters. The molecule has 0 saturated carbocycles. The van der Waals surface area contributed by atoms with Crippen LogP contribution in [0.25, 0.3) is 0 Å². The molecule has 1 aromatic rings. The van der Waals surface area contributed by atoms with Gasteiger partial charge in [0.25, 0.3) is 5.91 Å². The monoisotopic (exact) mass is 265 g/mol. The van der Waals surface area contributed by atoms with Crippen LogP contribution in [0.15, 0.2) is 18.2 Å². The van der Waals surface area contributed by atoms with Crippen LogP contribution in [0.5, 0.6) is 11.5 Å². The van der Waals surface area contributed by atoms with E-state index in [0.29, 0.717) is 36.8 Å². The normalized spacial score (nSPS) is 16.4. The maximum absolute atomic E-state index is 12.1. The maximum atomic E-state index is 12.1. The summed E-state index contributed by atoms with van der Waals surface area (Å²) in [6.07, 6.45) is 0. The minimum Gasteiger partial charge on any atom is -0.493 e. The second-order valence-electron chi connectivity index (χ2n) is 5.06. The lowest BCUT2D eigenvalue weighted by Crippen LogP contribution is -2.48. The molecule has 1 N–H and O–H groups in total. The third-order valence-corrected chi connectivity index (χ3v) is 3.22. The summed E-state index contributed by atoms with van der Waals surface area (Å²) in [6.45, 7) is 4.09. The minimum absolute atomic E-state index is 0.0617. The van der Waals surface area contributed by atoms with Gasteiger partial charge >= 0.3 is 0 Å². The Hall–Kier alpha value is -1.75. The highest BCUT2D eigenvalue weighted by molar-refractivity contribution is 5.94. The summed E-state index contributed by atoms with van der Waals surface area (Å²) in [5.41, 5.74) is 0.619. The lowest BCUT2D eigenvalue weighted by atomic mass is 9.88. The van der Waals surface area contributed by atoms with Crippen LogP contribution >= 0.6 is 0 Å². The van der Waals surface area contributed by atoms with Gasteiger partial charge in [-0.15, -0.1) is 0 Å². The number of ether oxygens (including phenoxy) is 3. The van der Waals surface area contributed by atoms with Gasteiger partial charge in [-0.2, -0.15) is 0 Å². The van der Waals surface area contributed by atoms with Gasteiger partial charge in [-0.1, -0.05) is 6.92 Å². The predicted molar refractivity (Wildman–Crippen MR) is 70.8 cm³/mol. The third-order valence-electron chi connectivity index (χ3n) is 3.22. The molecular formula is C14H19NO4. The molecule has 0 bridgehead atoms. The molecule has 0 aromatic heterocycles. The van der Waals surface area contributed by atoms with Crippen molar-refractivity contribution in [1.29, 1.82) is 0 Å². The zero-order valence-corrected chi connectivity index (χ0v) is 11.5. The Balaban J connectivity index is 2.02. The van der Waals surface area contributed by atoms with Crippen LogP contribution in [-0.4, -0.2) is 39.9 Å². The SMILES string of the molecule is COc1ccc(C(=O)NCC2(C)COC2)cc1OC. The third kappa shape index (κ3) is 2.98. The molecule has 5 heteroatoms. The molecule has 1 fully saturated rings. The predicted octanol–water partition coefficient (Wildman–Crippen LogP) is 1.47. The fourth-order valence-electron chi connectivity index (χ4n) is 1.93. The Morgan fingerprint density at radius 1 is 1.32 bits per heavy atom. The summed E-state index contributed by atoms with van der Waals surface area (Å²) in [5.74, 6) is 1.04. The Kier molecular flexibility index (Phi) is 3.95. The van der Waals surface area contributed by atoms with Gasteiger partial charge < -0.3 is 19.5 Å². The number of carbonyl (C=O) groups is 1. The largest absolute Gasteiger partial charge is 0.493 e. The highest BCUT2D eigenvalue weighted by Gasteiger charge is 2.33. The molecular weight excluding hydrogens is 246 g/mol. The summed E-state index contributed by atoms with van der Waals surface area (Å²) in [4.78, 5) is 12.1. The van der Waals surface area contributed by atoms with Crippen molar-refractivity contribution in [3.05, 3.63) is 23.8 Å². The van der Waals surface area contributed by atoms with E-state index in [2.05, 4.69) is 12.2 Å². The van der Waals surface area contributed by atoms with Crippen LogP contribution in [-0.2, 0) is 4.74 Å². The molecule has 0 radical (unpaired) electrons. The first-order valence-electron chi connectivity index (χ1n) is 6.16. The maximum Gasteiger partial charge on any atom is 0.251 e. The zero-order valence-electron chi connectivity index (χ0n) is 11.5. The van der Waals surface area contributed by atoms with Crippen molar-refractivity contribution in [3.63, 3.8) is 0 Å². The second-order valence-corrected chi connectivity index (χ2v) is 5.06. The van der Waals surface area contributed by atoms with Gasteiger partial charge in [0.2, 0.25) is 0 Å². The fraction of sp³-hybridized carbons (Fsp3) is 0.500. The van der Waals surface area contributed by atoms with Gasteiger partial charge in [0.1, 0.15) is 0 Å². The van der Waals surface area contributed by atoms with E-state index in [0.717, 1.165) is 0 Å². The first-order chi connectivity index (χ1) is 9.08. The van der Waals surface area contributed by atoms with E-state index >= 15 is 0 Å². The lowest BCUT2D eigenvalue weighted by Gasteiger charge is -2.38. The van der Waals surface area contributed by atoms with Crippen molar-refractivity contribution < 1.29 is 19.0 Å². The number of methoxy groups -OCH3 is 2. The highest BCUT2D eigenvalue weighted by atomic mass is 16.5. The van der Waals surface area contributed by atoms with Gasteiger partial charge in [0.15, 0.2) is 11.5 Å². The van der Waals surface area contributed by atoms with Crippen LogP contribution in [0.2, 0.25) is 0 Å². The van der Waals surface area contributed by atoms with Crippen molar-refractivity contribution in [3.8, 4) is 11.5 Å².